The Hall–Kier alpha value is 0.0856. The van der Waals surface area contributed by atoms with E-state index in [4.69, 9.17) is 14.4 Å². The van der Waals surface area contributed by atoms with Gasteiger partial charge in [0.15, 0.2) is 0 Å². The molecule has 22 heteroatoms. The van der Waals surface area contributed by atoms with E-state index in [1.807, 2.05) is 64.0 Å². The third-order valence-electron chi connectivity index (χ3n) is 8.96. The Morgan fingerprint density at radius 2 is 1.25 bits per heavy atom. The maximum Gasteiger partial charge on any atom is 0.256 e. The van der Waals surface area contributed by atoms with E-state index >= 15 is 0 Å². The molecule has 3 amide bonds. The Morgan fingerprint density at radius 1 is 0.789 bits per heavy atom. The van der Waals surface area contributed by atoms with Gasteiger partial charge in [0.2, 0.25) is 0 Å². The standard InChI is InChI=1S/2C10H16N3O2.C5H11N3O.C4H5O.C3H3O.C2H4O.CH2O.4Y/c1-7-4-12-6-10(2,11-3)9(15)13(12)8(7)5-14;1-7-4-8(5-14)13-9(15)10(2,11-3)6-12(7)13;1-5(6-2)3-7-8-4(5)9;1-2-3-4-5;1-2-3-4;1-2-3;1-2;;;;/h2*7-8,11H,4,6H2,1-3H3;6-7H,3H2,1-2H3,(H,8,9);2-3H,1H3;2H,1H2;2H,1H3;1H2;;;;/q2*-1;;2*-1;;;;;;/b;;;3-2+;;;;;;;. The number of hydrogen-bond acceptors (Lipinski definition) is 15. The molecule has 18 nitrogen and oxygen atoms in total. The summed E-state index contributed by atoms with van der Waals surface area (Å²) in [6, 6.07) is -0.578. The van der Waals surface area contributed by atoms with Crippen LogP contribution in [0.15, 0.2) is 24.8 Å². The van der Waals surface area contributed by atoms with Gasteiger partial charge in [0, 0.05) is 163 Å². The van der Waals surface area contributed by atoms with Crippen LogP contribution in [0.5, 0.6) is 0 Å². The minimum Gasteiger partial charge on any atom is -0.540 e. The van der Waals surface area contributed by atoms with Crippen LogP contribution in [0.2, 0.25) is 0 Å². The Balaban J connectivity index is -0.000000145. The van der Waals surface area contributed by atoms with E-state index < -0.39 is 28.7 Å². The molecule has 5 fully saturated rings. The second kappa shape index (κ2) is 35.7. The molecule has 5 aliphatic rings. The number of hydrazine groups is 3. The molecular formula is C35H57N9O9Y4-4. The fourth-order valence-corrected chi connectivity index (χ4v) is 5.51. The molecule has 0 bridgehead atoms. The average molecular weight is 1100 g/mol. The van der Waals surface area contributed by atoms with Crippen LogP contribution in [0.1, 0.15) is 54.9 Å². The molecule has 7 atom stereocenters. The third-order valence-corrected chi connectivity index (χ3v) is 8.96. The van der Waals surface area contributed by atoms with Crippen molar-refractivity contribution >= 4 is 55.9 Å². The van der Waals surface area contributed by atoms with Crippen molar-refractivity contribution in [3.05, 3.63) is 24.8 Å². The van der Waals surface area contributed by atoms with Crippen molar-refractivity contribution in [2.45, 2.75) is 89.6 Å². The van der Waals surface area contributed by atoms with Gasteiger partial charge < -0.3 is 44.7 Å². The number of carbonyl (C=O) groups is 5. The summed E-state index contributed by atoms with van der Waals surface area (Å²) in [7, 11) is 5.31. The van der Waals surface area contributed by atoms with Gasteiger partial charge in [0.1, 0.15) is 29.7 Å². The van der Waals surface area contributed by atoms with E-state index in [2.05, 4.69) is 33.4 Å². The van der Waals surface area contributed by atoms with Crippen molar-refractivity contribution in [1.82, 2.24) is 46.8 Å². The largest absolute Gasteiger partial charge is 0.540 e. The summed E-state index contributed by atoms with van der Waals surface area (Å²) in [6.45, 7) is 20.5. The summed E-state index contributed by atoms with van der Waals surface area (Å²) in [6.07, 6.45) is 12.4. The second-order valence-electron chi connectivity index (χ2n) is 12.7. The molecule has 5 N–H and O–H groups in total. The normalized spacial score (nSPS) is 28.5. The molecule has 5 heterocycles. The van der Waals surface area contributed by atoms with Gasteiger partial charge in [-0.05, 0) is 92.8 Å². The fourth-order valence-electron chi connectivity index (χ4n) is 5.51. The number of nitrogens with zero attached hydrogens (tertiary/aromatic N) is 4. The zero-order chi connectivity index (χ0) is 41.6. The van der Waals surface area contributed by atoms with Crippen molar-refractivity contribution in [3.63, 3.8) is 0 Å². The summed E-state index contributed by atoms with van der Waals surface area (Å²) in [5.74, 6) is 0.128. The topological polar surface area (TPSA) is 227 Å². The number of aldehydes is 1. The first-order chi connectivity index (χ1) is 25.0. The molecule has 312 valence electrons. The summed E-state index contributed by atoms with van der Waals surface area (Å²) < 4.78 is 0. The predicted molar refractivity (Wildman–Crippen MR) is 198 cm³/mol. The van der Waals surface area contributed by atoms with Gasteiger partial charge in [-0.3, -0.25) is 29.8 Å². The van der Waals surface area contributed by atoms with Gasteiger partial charge in [0.25, 0.3) is 17.7 Å². The second-order valence-corrected chi connectivity index (χ2v) is 12.7. The van der Waals surface area contributed by atoms with Gasteiger partial charge in [-0.1, -0.05) is 6.92 Å². The number of likely N-dealkylation sites (N-methyl/N-ethyl adjacent to an activating group) is 3. The van der Waals surface area contributed by atoms with Crippen LogP contribution >= 0.6 is 0 Å². The number of amides is 3. The third kappa shape index (κ3) is 19.8. The Kier molecular flexibility index (Phi) is 43.0. The molecule has 0 aromatic rings. The van der Waals surface area contributed by atoms with E-state index in [0.29, 0.717) is 26.1 Å². The van der Waals surface area contributed by atoms with Gasteiger partial charge in [0.05, 0.1) is 0 Å². The predicted octanol–water partition coefficient (Wildman–Crippen LogP) is -1.99. The summed E-state index contributed by atoms with van der Waals surface area (Å²) in [5, 5.41) is 16.0. The summed E-state index contributed by atoms with van der Waals surface area (Å²) >= 11 is 0. The van der Waals surface area contributed by atoms with Crippen molar-refractivity contribution in [2.75, 3.05) is 47.3 Å². The van der Waals surface area contributed by atoms with Crippen LogP contribution < -0.4 is 26.8 Å². The monoisotopic (exact) mass is 1100 g/mol. The number of carbonyl (C=O) groups excluding carboxylic acids is 9. The molecule has 4 radical (unpaired) electrons. The number of rotatable bonds is 7. The van der Waals surface area contributed by atoms with E-state index in [0.717, 1.165) is 18.9 Å². The molecule has 0 aromatic heterocycles. The molecule has 5 saturated heterocycles. The van der Waals surface area contributed by atoms with Crippen molar-refractivity contribution < 1.29 is 174 Å². The number of hydrogen-bond donors (Lipinski definition) is 5. The Bertz CT molecular complexity index is 1280. The van der Waals surface area contributed by atoms with Crippen molar-refractivity contribution in [3.8, 4) is 0 Å². The minimum absolute atomic E-state index is 0. The number of nitrogens with one attached hydrogen (secondary N) is 5. The molecule has 0 saturated carbocycles. The maximum absolute atomic E-state index is 12.1. The first-order valence-electron chi connectivity index (χ1n) is 16.7. The van der Waals surface area contributed by atoms with Crippen LogP contribution in [0, 0.1) is 5.92 Å². The zero-order valence-electron chi connectivity index (χ0n) is 34.8. The van der Waals surface area contributed by atoms with Gasteiger partial charge in [-0.25, -0.2) is 46.7 Å². The molecule has 57 heavy (non-hydrogen) atoms. The van der Waals surface area contributed by atoms with Gasteiger partial charge in [-0.2, -0.15) is 6.08 Å². The summed E-state index contributed by atoms with van der Waals surface area (Å²) in [4.78, 5) is 91.6. The van der Waals surface area contributed by atoms with Crippen LogP contribution in [-0.2, 0) is 174 Å². The SMILES string of the molecule is C/C=C/[C-]=O.C=C[C-]=O.C=O.CC=O.CNC1(C)CN2C(C)CC([C-]=O)N2C1=O.CNC1(C)CN2CC(C)C([C-]=O)N2C1=O.CNC1(C)CNNC1=O.[Y].[Y].[Y].[Y]. The van der Waals surface area contributed by atoms with Crippen LogP contribution in [0.4, 0.5) is 0 Å². The van der Waals surface area contributed by atoms with Gasteiger partial charge >= 0.3 is 0 Å². The van der Waals surface area contributed by atoms with E-state index in [-0.39, 0.29) is 161 Å². The average Bonchev–Trinajstić information content (AvgIpc) is 3.90. The molecular weight excluding hydrogens is 1050 g/mol. The van der Waals surface area contributed by atoms with Crippen molar-refractivity contribution in [2.24, 2.45) is 5.92 Å². The molecule has 5 rings (SSSR count). The molecule has 0 aromatic carbocycles. The molecule has 0 spiro atoms. The molecule has 0 aliphatic carbocycles. The van der Waals surface area contributed by atoms with E-state index in [9.17, 15) is 28.8 Å². The Morgan fingerprint density at radius 3 is 1.56 bits per heavy atom. The fraction of sp³-hybridized carbons (Fsp3) is 0.629. The van der Waals surface area contributed by atoms with Crippen LogP contribution in [0.25, 0.3) is 0 Å². The van der Waals surface area contributed by atoms with Gasteiger partial charge in [-0.15, -0.1) is 6.92 Å². The van der Waals surface area contributed by atoms with Crippen LogP contribution in [0.3, 0.4) is 0 Å². The molecule has 7 unspecified atom stereocenters. The van der Waals surface area contributed by atoms with E-state index in [1.54, 1.807) is 50.4 Å². The zero-order valence-corrected chi connectivity index (χ0v) is 46.2. The minimum atomic E-state index is -0.566. The smallest absolute Gasteiger partial charge is 0.256 e. The van der Waals surface area contributed by atoms with Crippen molar-refractivity contribution in [1.29, 1.82) is 0 Å². The Labute approximate surface area is 438 Å². The first-order valence-corrected chi connectivity index (χ1v) is 16.7. The number of allylic oxidation sites excluding steroid dienone is 3. The first kappa shape index (κ1) is 68.8. The molecule has 5 aliphatic heterocycles. The maximum atomic E-state index is 12.1. The number of fused-ring (bicyclic) bond motifs is 2. The summed E-state index contributed by atoms with van der Waals surface area (Å²) in [5.41, 5.74) is 3.72. The van der Waals surface area contributed by atoms with E-state index in [1.165, 1.54) is 19.3 Å². The van der Waals surface area contributed by atoms with Crippen LogP contribution in [-0.4, -0.2) is 158 Å². The quantitative estimate of drug-likeness (QED) is 0.106.